The second kappa shape index (κ2) is 2.28. The Balaban J connectivity index is 2.56. The van der Waals surface area contributed by atoms with Gasteiger partial charge in [-0.1, -0.05) is 0 Å². The number of hydrogen-bond donors (Lipinski definition) is 5. The van der Waals surface area contributed by atoms with Gasteiger partial charge in [-0.15, -0.1) is 5.53 Å². The Morgan fingerprint density at radius 3 is 2.40 bits per heavy atom. The van der Waals surface area contributed by atoms with Crippen LogP contribution in [0.25, 0.3) is 0 Å². The smallest absolute Gasteiger partial charge is 0.151 e. The molecule has 1 heterocycles. The number of hydrazine groups is 4. The first-order chi connectivity index (χ1) is 4.61. The van der Waals surface area contributed by atoms with Gasteiger partial charge in [0.15, 0.2) is 5.82 Å². The van der Waals surface area contributed by atoms with Crippen molar-refractivity contribution in [1.82, 2.24) is 21.1 Å². The van der Waals surface area contributed by atoms with Gasteiger partial charge in [0.25, 0.3) is 0 Å². The van der Waals surface area contributed by atoms with Crippen LogP contribution in [0.3, 0.4) is 0 Å². The summed E-state index contributed by atoms with van der Waals surface area (Å²) in [6.07, 6.45) is 1.18. The van der Waals surface area contributed by atoms with Crippen LogP contribution in [-0.2, 0) is 0 Å². The van der Waals surface area contributed by atoms with E-state index in [1.165, 1.54) is 6.20 Å². The van der Waals surface area contributed by atoms with E-state index >= 15 is 0 Å². The summed E-state index contributed by atoms with van der Waals surface area (Å²) in [4.78, 5) is 0. The van der Waals surface area contributed by atoms with Gasteiger partial charge in [-0.25, -0.2) is 11.0 Å². The lowest BCUT2D eigenvalue weighted by molar-refractivity contribution is -0.422. The molecule has 8 nitrogen and oxygen atoms in total. The van der Waals surface area contributed by atoms with Crippen molar-refractivity contribution >= 4 is 0 Å². The average Bonchev–Trinajstić information content (AvgIpc) is 2.13. The molecule has 0 aromatic heterocycles. The van der Waals surface area contributed by atoms with Crippen LogP contribution in [-0.4, -0.2) is 26.0 Å². The van der Waals surface area contributed by atoms with Crippen LogP contribution >= 0.6 is 0 Å². The first-order valence-corrected chi connectivity index (χ1v) is 2.36. The zero-order chi connectivity index (χ0) is 7.72. The highest BCUT2D eigenvalue weighted by molar-refractivity contribution is 4.94. The number of nitrogens with one attached hydrogen (secondary N) is 1. The van der Waals surface area contributed by atoms with Crippen molar-refractivity contribution in [2.45, 2.75) is 0 Å². The van der Waals surface area contributed by atoms with Gasteiger partial charge in [-0.05, 0) is 0 Å². The molecule has 0 spiro atoms. The monoisotopic (exact) mass is 148 g/mol. The lowest BCUT2D eigenvalue weighted by atomic mass is 10.8. The number of rotatable bonds is 1. The van der Waals surface area contributed by atoms with Gasteiger partial charge in [0.2, 0.25) is 0 Å². The predicted molar refractivity (Wildman–Crippen MR) is 28.7 cm³/mol. The van der Waals surface area contributed by atoms with E-state index in [1.54, 1.807) is 0 Å². The molecule has 1 aliphatic rings. The first kappa shape index (κ1) is 7.05. The van der Waals surface area contributed by atoms with Gasteiger partial charge < -0.3 is 5.73 Å². The Labute approximate surface area is 56.3 Å². The van der Waals surface area contributed by atoms with Crippen LogP contribution in [0.15, 0.2) is 12.0 Å². The molecule has 0 saturated carbocycles. The third-order valence-electron chi connectivity index (χ3n) is 0.936. The summed E-state index contributed by atoms with van der Waals surface area (Å²) in [5.41, 5.74) is 7.47. The molecule has 58 valence electrons. The third kappa shape index (κ3) is 1.10. The van der Waals surface area contributed by atoms with Gasteiger partial charge in [0.05, 0.1) is 6.20 Å². The molecular weight excluding hydrogens is 140 g/mol. The zero-order valence-electron chi connectivity index (χ0n) is 4.97. The normalized spacial score (nSPS) is 18.6. The Bertz CT molecular complexity index is 156. The number of nitrogens with two attached hydrogens (primary N) is 2. The lowest BCUT2D eigenvalue weighted by Crippen LogP contribution is -2.50. The largest absolute Gasteiger partial charge is 0.382 e. The van der Waals surface area contributed by atoms with Gasteiger partial charge in [-0.3, -0.25) is 10.4 Å². The van der Waals surface area contributed by atoms with Crippen molar-refractivity contribution in [2.75, 3.05) is 0 Å². The molecule has 8 heteroatoms. The summed E-state index contributed by atoms with van der Waals surface area (Å²) in [5.74, 6) is 5.31. The van der Waals surface area contributed by atoms with Crippen molar-refractivity contribution in [3.05, 3.63) is 12.0 Å². The highest BCUT2D eigenvalue weighted by Gasteiger charge is 2.18. The van der Waals surface area contributed by atoms with Gasteiger partial charge >= 0.3 is 0 Å². The van der Waals surface area contributed by atoms with Gasteiger partial charge in [-0.2, -0.15) is 5.12 Å². The minimum absolute atomic E-state index is 0.160. The fourth-order valence-electron chi connectivity index (χ4n) is 0.476. The standard InChI is InChI=1S/C2H8N6O2/c3-2-1-6(8(9)10)5-7(2)4/h1,5,9-10H,3-4H2. The fraction of sp³-hybridized carbons (Fsp3) is 0. The van der Waals surface area contributed by atoms with Gasteiger partial charge in [0, 0.05) is 5.34 Å². The molecule has 0 radical (unpaired) electrons. The summed E-state index contributed by atoms with van der Waals surface area (Å²) < 4.78 is 0. The Kier molecular flexibility index (Phi) is 1.61. The topological polar surface area (TPSA) is 114 Å². The molecule has 0 fully saturated rings. The van der Waals surface area contributed by atoms with Crippen LogP contribution in [0.2, 0.25) is 0 Å². The summed E-state index contributed by atoms with van der Waals surface area (Å²) in [6, 6.07) is 0. The molecule has 0 amide bonds. The molecule has 1 rings (SSSR count). The molecule has 7 N–H and O–H groups in total. The lowest BCUT2D eigenvalue weighted by Gasteiger charge is -2.20. The second-order valence-electron chi connectivity index (χ2n) is 1.64. The minimum Gasteiger partial charge on any atom is -0.382 e. The van der Waals surface area contributed by atoms with E-state index in [0.717, 1.165) is 10.2 Å². The van der Waals surface area contributed by atoms with E-state index in [-0.39, 0.29) is 11.2 Å². The maximum absolute atomic E-state index is 8.36. The highest BCUT2D eigenvalue weighted by atomic mass is 16.8. The molecule has 0 bridgehead atoms. The summed E-state index contributed by atoms with van der Waals surface area (Å²) in [5, 5.41) is 18.2. The molecule has 0 aliphatic carbocycles. The van der Waals surface area contributed by atoms with Crippen LogP contribution < -0.4 is 17.1 Å². The van der Waals surface area contributed by atoms with E-state index in [2.05, 4.69) is 5.53 Å². The zero-order valence-corrected chi connectivity index (χ0v) is 4.97. The summed E-state index contributed by atoms with van der Waals surface area (Å²) in [7, 11) is 0. The molecule has 0 aromatic rings. The first-order valence-electron chi connectivity index (χ1n) is 2.36. The van der Waals surface area contributed by atoms with E-state index < -0.39 is 0 Å². The van der Waals surface area contributed by atoms with Crippen LogP contribution in [0.5, 0.6) is 0 Å². The van der Waals surface area contributed by atoms with Crippen molar-refractivity contribution in [3.8, 4) is 0 Å². The summed E-state index contributed by atoms with van der Waals surface area (Å²) >= 11 is 0. The van der Waals surface area contributed by atoms with Crippen LogP contribution in [0, 0.1) is 0 Å². The molecule has 0 aromatic carbocycles. The van der Waals surface area contributed by atoms with E-state index in [4.69, 9.17) is 22.0 Å². The van der Waals surface area contributed by atoms with E-state index in [1.807, 2.05) is 0 Å². The van der Waals surface area contributed by atoms with E-state index in [0.29, 0.717) is 0 Å². The molecule has 0 atom stereocenters. The predicted octanol–water partition coefficient (Wildman–Crippen LogP) is -2.35. The minimum atomic E-state index is -0.195. The molecule has 10 heavy (non-hydrogen) atoms. The fourth-order valence-corrected chi connectivity index (χ4v) is 0.476. The number of hydrogen-bond acceptors (Lipinski definition) is 8. The molecule has 0 unspecified atom stereocenters. The van der Waals surface area contributed by atoms with Crippen molar-refractivity contribution in [3.63, 3.8) is 0 Å². The average molecular weight is 148 g/mol. The second-order valence-corrected chi connectivity index (χ2v) is 1.64. The molecule has 1 aliphatic heterocycles. The Morgan fingerprint density at radius 1 is 1.60 bits per heavy atom. The maximum Gasteiger partial charge on any atom is 0.151 e. The molecular formula is C2H8N6O2. The van der Waals surface area contributed by atoms with E-state index in [9.17, 15) is 0 Å². The van der Waals surface area contributed by atoms with Crippen LogP contribution in [0.1, 0.15) is 0 Å². The third-order valence-corrected chi connectivity index (χ3v) is 0.936. The Hall–Kier alpha value is -1.06. The number of nitrogens with zero attached hydrogens (tertiary/aromatic N) is 3. The molecule has 0 saturated heterocycles. The maximum atomic E-state index is 8.36. The SMILES string of the molecule is NC1=CN(N(O)O)NN1N. The quantitative estimate of drug-likeness (QED) is 0.207. The van der Waals surface area contributed by atoms with Crippen LogP contribution in [0.4, 0.5) is 0 Å². The van der Waals surface area contributed by atoms with Gasteiger partial charge in [0.1, 0.15) is 0 Å². The van der Waals surface area contributed by atoms with Crippen molar-refractivity contribution in [2.24, 2.45) is 11.6 Å². The van der Waals surface area contributed by atoms with Crippen molar-refractivity contribution in [1.29, 1.82) is 0 Å². The summed E-state index contributed by atoms with van der Waals surface area (Å²) in [6.45, 7) is 0. The Morgan fingerprint density at radius 2 is 2.20 bits per heavy atom. The van der Waals surface area contributed by atoms with Crippen molar-refractivity contribution < 1.29 is 10.4 Å². The highest BCUT2D eigenvalue weighted by Crippen LogP contribution is 2.00.